The number of nitrogen functional groups attached to an aromatic ring is 2. The molecule has 0 spiro atoms. The number of aliphatic imine (C=N–C) groups is 2. The van der Waals surface area contributed by atoms with Gasteiger partial charge < -0.3 is 11.5 Å². The largest absolute Gasteiger partial charge is 0.383 e. The number of hydrogen-bond donors (Lipinski definition) is 2. The van der Waals surface area contributed by atoms with E-state index in [4.69, 9.17) is 11.5 Å². The van der Waals surface area contributed by atoms with Crippen molar-refractivity contribution in [3.8, 4) is 0 Å². The first kappa shape index (κ1) is 28.3. The molecule has 0 saturated carbocycles. The first-order chi connectivity index (χ1) is 21.4. The molecule has 0 bridgehead atoms. The third kappa shape index (κ3) is 5.06. The zero-order valence-electron chi connectivity index (χ0n) is 23.6. The molecule has 4 heterocycles. The number of aromatic nitrogens is 2. The molecule has 2 aliphatic heterocycles. The maximum atomic E-state index is 13.5. The predicted molar refractivity (Wildman–Crippen MR) is 166 cm³/mol. The quantitative estimate of drug-likeness (QED) is 0.161. The van der Waals surface area contributed by atoms with Gasteiger partial charge in [-0.15, -0.1) is 0 Å². The monoisotopic (exact) mass is 588 g/mol. The highest BCUT2D eigenvalue weighted by atomic mass is 16.2. The lowest BCUT2D eigenvalue weighted by molar-refractivity contribution is 0.0588. The van der Waals surface area contributed by atoms with Gasteiger partial charge in [0.15, 0.2) is 0 Å². The molecule has 220 valence electrons. The zero-order valence-corrected chi connectivity index (χ0v) is 23.6. The standard InChI is InChI=1S/C32H28N8O4/c33-27-19(5-1-13-37-27)17-35-11-3-15-39-29(41)21-7-9-23-26-24(10-8-22(25(21)26)30(39)42)32(44)40(31(23)43)16-4-12-36-18-20-6-2-14-38-28(20)34/h1-2,5-10,13-14,17-18H,3-4,11-12,15-16H2,(H2,33,37)(H2,34,38). The second-order valence-corrected chi connectivity index (χ2v) is 10.3. The van der Waals surface area contributed by atoms with Crippen LogP contribution in [-0.2, 0) is 0 Å². The van der Waals surface area contributed by atoms with Gasteiger partial charge in [0.2, 0.25) is 0 Å². The molecule has 0 fully saturated rings. The van der Waals surface area contributed by atoms with Crippen LogP contribution < -0.4 is 11.5 Å². The van der Waals surface area contributed by atoms with E-state index in [1.54, 1.807) is 73.4 Å². The molecule has 4 N–H and O–H groups in total. The van der Waals surface area contributed by atoms with E-state index in [-0.39, 0.29) is 35.3 Å². The number of benzene rings is 2. The summed E-state index contributed by atoms with van der Waals surface area (Å²) in [4.78, 5) is 72.9. The number of imide groups is 2. The number of hydrogen-bond acceptors (Lipinski definition) is 10. The lowest BCUT2D eigenvalue weighted by Gasteiger charge is -2.31. The van der Waals surface area contributed by atoms with Crippen LogP contribution in [-0.4, -0.2) is 82.0 Å². The van der Waals surface area contributed by atoms with Gasteiger partial charge in [-0.3, -0.25) is 39.0 Å². The average Bonchev–Trinajstić information content (AvgIpc) is 3.03. The Morgan fingerprint density at radius 3 is 1.30 bits per heavy atom. The van der Waals surface area contributed by atoms with Gasteiger partial charge in [0, 0.05) is 95.2 Å². The van der Waals surface area contributed by atoms with E-state index in [2.05, 4.69) is 20.0 Å². The van der Waals surface area contributed by atoms with Crippen LogP contribution in [0.5, 0.6) is 0 Å². The van der Waals surface area contributed by atoms with Crippen molar-refractivity contribution >= 4 is 58.5 Å². The molecular weight excluding hydrogens is 560 g/mol. The minimum Gasteiger partial charge on any atom is -0.383 e. The lowest BCUT2D eigenvalue weighted by Crippen LogP contribution is -2.44. The van der Waals surface area contributed by atoms with Crippen molar-refractivity contribution in [1.82, 2.24) is 19.8 Å². The third-order valence-electron chi connectivity index (χ3n) is 7.60. The molecule has 12 nitrogen and oxygen atoms in total. The van der Waals surface area contributed by atoms with E-state index >= 15 is 0 Å². The van der Waals surface area contributed by atoms with Gasteiger partial charge in [0.25, 0.3) is 23.6 Å². The van der Waals surface area contributed by atoms with E-state index < -0.39 is 23.6 Å². The summed E-state index contributed by atoms with van der Waals surface area (Å²) in [6.45, 7) is 1.05. The molecule has 2 aromatic carbocycles. The average molecular weight is 589 g/mol. The first-order valence-electron chi connectivity index (χ1n) is 14.1. The Balaban J connectivity index is 1.16. The van der Waals surface area contributed by atoms with Gasteiger partial charge in [0.05, 0.1) is 0 Å². The molecule has 44 heavy (non-hydrogen) atoms. The molecule has 0 radical (unpaired) electrons. The molecule has 0 aliphatic carbocycles. The predicted octanol–water partition coefficient (Wildman–Crippen LogP) is 3.00. The molecule has 0 atom stereocenters. The van der Waals surface area contributed by atoms with Crippen LogP contribution in [0, 0.1) is 0 Å². The summed E-state index contributed by atoms with van der Waals surface area (Å²) in [5.41, 5.74) is 14.2. The van der Waals surface area contributed by atoms with Crippen molar-refractivity contribution in [3.05, 3.63) is 94.3 Å². The van der Waals surface area contributed by atoms with Crippen LogP contribution in [0.25, 0.3) is 10.8 Å². The summed E-state index contributed by atoms with van der Waals surface area (Å²) >= 11 is 0. The molecule has 2 aliphatic rings. The molecular formula is C32H28N8O4. The molecule has 12 heteroatoms. The smallest absolute Gasteiger partial charge is 0.261 e. The molecule has 0 unspecified atom stereocenters. The number of pyridine rings is 2. The Bertz CT molecular complexity index is 1690. The van der Waals surface area contributed by atoms with Crippen LogP contribution in [0.1, 0.15) is 65.4 Å². The van der Waals surface area contributed by atoms with E-state index in [1.165, 1.54) is 9.80 Å². The minimum absolute atomic E-state index is 0.156. The van der Waals surface area contributed by atoms with Crippen LogP contribution in [0.3, 0.4) is 0 Å². The normalized spacial score (nSPS) is 14.5. The summed E-state index contributed by atoms with van der Waals surface area (Å²) in [5.74, 6) is -1.15. The highest BCUT2D eigenvalue weighted by Gasteiger charge is 2.39. The van der Waals surface area contributed by atoms with Crippen LogP contribution in [0.4, 0.5) is 11.6 Å². The second kappa shape index (κ2) is 11.8. The molecule has 0 saturated heterocycles. The summed E-state index contributed by atoms with van der Waals surface area (Å²) in [6.07, 6.45) is 7.29. The molecule has 2 aromatic heterocycles. The number of nitrogens with zero attached hydrogens (tertiary/aromatic N) is 6. The van der Waals surface area contributed by atoms with Gasteiger partial charge in [-0.1, -0.05) is 0 Å². The molecule has 4 amide bonds. The van der Waals surface area contributed by atoms with Crippen molar-refractivity contribution in [3.63, 3.8) is 0 Å². The SMILES string of the molecule is Nc1ncccc1C=NCCCN1C(=O)c2ccc3c4c(ccc(c24)C1=O)C(=O)N(CCCN=Cc1cccnc1N)C3=O. The summed E-state index contributed by atoms with van der Waals surface area (Å²) in [7, 11) is 0. The maximum absolute atomic E-state index is 13.5. The topological polar surface area (TPSA) is 177 Å². The van der Waals surface area contributed by atoms with Crippen LogP contribution >= 0.6 is 0 Å². The van der Waals surface area contributed by atoms with Gasteiger partial charge in [-0.05, 0) is 61.4 Å². The highest BCUT2D eigenvalue weighted by molar-refractivity contribution is 6.33. The fourth-order valence-corrected chi connectivity index (χ4v) is 5.42. The Morgan fingerprint density at radius 2 is 0.955 bits per heavy atom. The Labute approximate surface area is 252 Å². The summed E-state index contributed by atoms with van der Waals surface area (Å²) in [5, 5.41) is 0.688. The Hall–Kier alpha value is -5.78. The number of carbonyl (C=O) groups excluding carboxylic acids is 4. The number of amides is 4. The van der Waals surface area contributed by atoms with Gasteiger partial charge >= 0.3 is 0 Å². The Morgan fingerprint density at radius 1 is 0.591 bits per heavy atom. The van der Waals surface area contributed by atoms with Crippen molar-refractivity contribution in [2.75, 3.05) is 37.6 Å². The van der Waals surface area contributed by atoms with Crippen LogP contribution in [0.2, 0.25) is 0 Å². The van der Waals surface area contributed by atoms with Crippen molar-refractivity contribution in [2.45, 2.75) is 12.8 Å². The van der Waals surface area contributed by atoms with E-state index in [0.29, 0.717) is 59.5 Å². The maximum Gasteiger partial charge on any atom is 0.261 e. The number of anilines is 2. The Kier molecular flexibility index (Phi) is 7.63. The fraction of sp³-hybridized carbons (Fsp3) is 0.188. The van der Waals surface area contributed by atoms with E-state index in [0.717, 1.165) is 0 Å². The zero-order chi connectivity index (χ0) is 30.8. The molecule has 6 rings (SSSR count). The number of rotatable bonds is 10. The van der Waals surface area contributed by atoms with E-state index in [1.807, 2.05) is 0 Å². The number of carbonyl (C=O) groups is 4. The third-order valence-corrected chi connectivity index (χ3v) is 7.60. The minimum atomic E-state index is -0.471. The van der Waals surface area contributed by atoms with Crippen molar-refractivity contribution in [1.29, 1.82) is 0 Å². The van der Waals surface area contributed by atoms with Crippen molar-refractivity contribution in [2.24, 2.45) is 9.98 Å². The van der Waals surface area contributed by atoms with E-state index in [9.17, 15) is 19.2 Å². The van der Waals surface area contributed by atoms with Crippen molar-refractivity contribution < 1.29 is 19.2 Å². The lowest BCUT2D eigenvalue weighted by atomic mass is 9.86. The summed E-state index contributed by atoms with van der Waals surface area (Å²) in [6, 6.07) is 13.3. The first-order valence-corrected chi connectivity index (χ1v) is 14.1. The highest BCUT2D eigenvalue weighted by Crippen LogP contribution is 2.37. The van der Waals surface area contributed by atoms with Gasteiger partial charge in [0.1, 0.15) is 11.6 Å². The second-order valence-electron chi connectivity index (χ2n) is 10.3. The fourth-order valence-electron chi connectivity index (χ4n) is 5.42. The van der Waals surface area contributed by atoms with Crippen LogP contribution in [0.15, 0.2) is 70.9 Å². The van der Waals surface area contributed by atoms with Gasteiger partial charge in [-0.25, -0.2) is 9.97 Å². The molecule has 4 aromatic rings. The number of nitrogens with two attached hydrogens (primary N) is 2. The summed E-state index contributed by atoms with van der Waals surface area (Å²) < 4.78 is 0. The van der Waals surface area contributed by atoms with Gasteiger partial charge in [-0.2, -0.15) is 0 Å².